The largest absolute Gasteiger partial charge is 0.481 e. The van der Waals surface area contributed by atoms with E-state index in [1.54, 1.807) is 18.2 Å². The minimum Gasteiger partial charge on any atom is -0.481 e. The standard InChI is InChI=1S/C14H11N3O2/c1-19-12-8-4-7-11(15-12)14(18)13-9-5-2-3-6-10(9)16-17-13/h2-8H,1H3,(H,16,17). The molecule has 3 aromatic rings. The van der Waals surface area contributed by atoms with E-state index < -0.39 is 0 Å². The SMILES string of the molecule is COc1cccc(C(=O)c2n[nH]c3ccccc23)n1. The number of hydrogen-bond acceptors (Lipinski definition) is 4. The topological polar surface area (TPSA) is 67.9 Å². The molecule has 0 saturated carbocycles. The van der Waals surface area contributed by atoms with Crippen molar-refractivity contribution < 1.29 is 9.53 Å². The lowest BCUT2D eigenvalue weighted by molar-refractivity contribution is 0.103. The lowest BCUT2D eigenvalue weighted by Crippen LogP contribution is -2.05. The van der Waals surface area contributed by atoms with E-state index in [0.717, 1.165) is 10.9 Å². The number of nitrogens with one attached hydrogen (secondary N) is 1. The van der Waals surface area contributed by atoms with Gasteiger partial charge < -0.3 is 4.74 Å². The van der Waals surface area contributed by atoms with Crippen LogP contribution in [0.4, 0.5) is 0 Å². The Balaban J connectivity index is 2.08. The Morgan fingerprint density at radius 3 is 2.84 bits per heavy atom. The van der Waals surface area contributed by atoms with Crippen molar-refractivity contribution in [1.82, 2.24) is 15.2 Å². The van der Waals surface area contributed by atoms with Gasteiger partial charge in [0, 0.05) is 11.5 Å². The van der Waals surface area contributed by atoms with Gasteiger partial charge in [-0.2, -0.15) is 5.10 Å². The first-order chi connectivity index (χ1) is 9.29. The summed E-state index contributed by atoms with van der Waals surface area (Å²) in [5, 5.41) is 7.70. The third-order valence-electron chi connectivity index (χ3n) is 2.85. The Bertz CT molecular complexity index is 749. The zero-order valence-corrected chi connectivity index (χ0v) is 10.3. The fourth-order valence-corrected chi connectivity index (χ4v) is 1.91. The molecular weight excluding hydrogens is 242 g/mol. The van der Waals surface area contributed by atoms with Crippen LogP contribution in [-0.2, 0) is 0 Å². The van der Waals surface area contributed by atoms with Crippen LogP contribution < -0.4 is 4.74 Å². The van der Waals surface area contributed by atoms with Crippen LogP contribution >= 0.6 is 0 Å². The molecular formula is C14H11N3O2. The van der Waals surface area contributed by atoms with Crippen LogP contribution in [0.5, 0.6) is 5.88 Å². The van der Waals surface area contributed by atoms with Gasteiger partial charge in [0.1, 0.15) is 11.4 Å². The summed E-state index contributed by atoms with van der Waals surface area (Å²) in [4.78, 5) is 16.5. The Morgan fingerprint density at radius 2 is 2.00 bits per heavy atom. The van der Waals surface area contributed by atoms with Crippen molar-refractivity contribution in [3.8, 4) is 5.88 Å². The maximum Gasteiger partial charge on any atom is 0.232 e. The maximum atomic E-state index is 12.4. The van der Waals surface area contributed by atoms with E-state index in [9.17, 15) is 4.79 Å². The second-order valence-corrected chi connectivity index (χ2v) is 4.01. The molecule has 0 spiro atoms. The average molecular weight is 253 g/mol. The Labute approximate surface area is 109 Å². The molecule has 2 aromatic heterocycles. The molecule has 0 unspecified atom stereocenters. The van der Waals surface area contributed by atoms with E-state index in [1.807, 2.05) is 24.3 Å². The number of para-hydroxylation sites is 1. The zero-order chi connectivity index (χ0) is 13.2. The predicted molar refractivity (Wildman–Crippen MR) is 70.3 cm³/mol. The number of aromatic nitrogens is 3. The molecule has 0 aliphatic rings. The van der Waals surface area contributed by atoms with Gasteiger partial charge in [0.25, 0.3) is 0 Å². The summed E-state index contributed by atoms with van der Waals surface area (Å²) in [6.45, 7) is 0. The average Bonchev–Trinajstić information content (AvgIpc) is 2.90. The second-order valence-electron chi connectivity index (χ2n) is 4.01. The molecule has 0 aliphatic heterocycles. The molecule has 0 bridgehead atoms. The smallest absolute Gasteiger partial charge is 0.232 e. The summed E-state index contributed by atoms with van der Waals surface area (Å²) >= 11 is 0. The summed E-state index contributed by atoms with van der Waals surface area (Å²) in [6, 6.07) is 12.6. The van der Waals surface area contributed by atoms with Gasteiger partial charge in [0.15, 0.2) is 0 Å². The van der Waals surface area contributed by atoms with Crippen molar-refractivity contribution in [3.05, 3.63) is 53.9 Å². The van der Waals surface area contributed by atoms with Crippen molar-refractivity contribution in [2.75, 3.05) is 7.11 Å². The van der Waals surface area contributed by atoms with E-state index in [-0.39, 0.29) is 5.78 Å². The summed E-state index contributed by atoms with van der Waals surface area (Å²) in [5.41, 5.74) is 1.52. The number of ketones is 1. The monoisotopic (exact) mass is 253 g/mol. The molecule has 0 atom stereocenters. The molecule has 0 radical (unpaired) electrons. The Morgan fingerprint density at radius 1 is 1.16 bits per heavy atom. The third kappa shape index (κ3) is 1.95. The van der Waals surface area contributed by atoms with Gasteiger partial charge >= 0.3 is 0 Å². The van der Waals surface area contributed by atoms with Crippen molar-refractivity contribution in [1.29, 1.82) is 0 Å². The fourth-order valence-electron chi connectivity index (χ4n) is 1.91. The highest BCUT2D eigenvalue weighted by atomic mass is 16.5. The molecule has 19 heavy (non-hydrogen) atoms. The van der Waals surface area contributed by atoms with Gasteiger partial charge in [-0.1, -0.05) is 24.3 Å². The number of H-pyrrole nitrogens is 1. The van der Waals surface area contributed by atoms with E-state index in [4.69, 9.17) is 4.74 Å². The quantitative estimate of drug-likeness (QED) is 0.726. The number of methoxy groups -OCH3 is 1. The number of aromatic amines is 1. The van der Waals surface area contributed by atoms with Gasteiger partial charge in [-0.05, 0) is 12.1 Å². The summed E-state index contributed by atoms with van der Waals surface area (Å²) in [7, 11) is 1.51. The minimum absolute atomic E-state index is 0.226. The van der Waals surface area contributed by atoms with Crippen molar-refractivity contribution >= 4 is 16.7 Å². The van der Waals surface area contributed by atoms with Crippen molar-refractivity contribution in [3.63, 3.8) is 0 Å². The first-order valence-electron chi connectivity index (χ1n) is 5.78. The normalized spacial score (nSPS) is 10.6. The number of carbonyl (C=O) groups is 1. The number of ether oxygens (including phenoxy) is 1. The summed E-state index contributed by atoms with van der Waals surface area (Å²) in [5.74, 6) is 0.182. The van der Waals surface area contributed by atoms with Crippen LogP contribution in [0.3, 0.4) is 0 Å². The molecule has 1 N–H and O–H groups in total. The van der Waals surface area contributed by atoms with Crippen LogP contribution in [-0.4, -0.2) is 28.1 Å². The molecule has 5 heteroatoms. The van der Waals surface area contributed by atoms with Crippen molar-refractivity contribution in [2.45, 2.75) is 0 Å². The first-order valence-corrected chi connectivity index (χ1v) is 5.78. The zero-order valence-electron chi connectivity index (χ0n) is 10.3. The van der Waals surface area contributed by atoms with Gasteiger partial charge in [0.05, 0.1) is 12.6 Å². The van der Waals surface area contributed by atoms with Gasteiger partial charge in [0.2, 0.25) is 11.7 Å². The van der Waals surface area contributed by atoms with E-state index >= 15 is 0 Å². The first kappa shape index (κ1) is 11.4. The molecule has 1 aromatic carbocycles. The van der Waals surface area contributed by atoms with Crippen LogP contribution in [0.25, 0.3) is 10.9 Å². The maximum absolute atomic E-state index is 12.4. The Kier molecular flexibility index (Phi) is 2.72. The number of benzene rings is 1. The molecule has 5 nitrogen and oxygen atoms in total. The van der Waals surface area contributed by atoms with Crippen LogP contribution in [0, 0.1) is 0 Å². The van der Waals surface area contributed by atoms with Crippen LogP contribution in [0.15, 0.2) is 42.5 Å². The molecule has 0 fully saturated rings. The second kappa shape index (κ2) is 4.53. The number of nitrogens with zero attached hydrogens (tertiary/aromatic N) is 2. The number of pyridine rings is 1. The predicted octanol–water partition coefficient (Wildman–Crippen LogP) is 2.20. The Hall–Kier alpha value is -2.69. The lowest BCUT2D eigenvalue weighted by atomic mass is 10.1. The van der Waals surface area contributed by atoms with E-state index in [2.05, 4.69) is 15.2 Å². The third-order valence-corrected chi connectivity index (χ3v) is 2.85. The van der Waals surface area contributed by atoms with E-state index in [1.165, 1.54) is 7.11 Å². The van der Waals surface area contributed by atoms with Gasteiger partial charge in [-0.3, -0.25) is 9.89 Å². The highest BCUT2D eigenvalue weighted by molar-refractivity contribution is 6.13. The van der Waals surface area contributed by atoms with Crippen LogP contribution in [0.2, 0.25) is 0 Å². The van der Waals surface area contributed by atoms with Crippen LogP contribution in [0.1, 0.15) is 16.2 Å². The summed E-state index contributed by atoms with van der Waals surface area (Å²) in [6.07, 6.45) is 0. The highest BCUT2D eigenvalue weighted by Gasteiger charge is 2.17. The number of carbonyl (C=O) groups excluding carboxylic acids is 1. The molecule has 94 valence electrons. The minimum atomic E-state index is -0.226. The fraction of sp³-hybridized carbons (Fsp3) is 0.0714. The molecule has 3 rings (SSSR count). The molecule has 0 saturated heterocycles. The number of rotatable bonds is 3. The van der Waals surface area contributed by atoms with Gasteiger partial charge in [-0.15, -0.1) is 0 Å². The lowest BCUT2D eigenvalue weighted by Gasteiger charge is -2.01. The van der Waals surface area contributed by atoms with E-state index in [0.29, 0.717) is 17.3 Å². The van der Waals surface area contributed by atoms with Crippen molar-refractivity contribution in [2.24, 2.45) is 0 Å². The number of fused-ring (bicyclic) bond motifs is 1. The molecule has 0 aliphatic carbocycles. The number of hydrogen-bond donors (Lipinski definition) is 1. The molecule has 2 heterocycles. The molecule has 0 amide bonds. The highest BCUT2D eigenvalue weighted by Crippen LogP contribution is 2.18. The summed E-state index contributed by atoms with van der Waals surface area (Å²) < 4.78 is 5.02. The van der Waals surface area contributed by atoms with Gasteiger partial charge in [-0.25, -0.2) is 4.98 Å².